The highest BCUT2D eigenvalue weighted by Gasteiger charge is 2.43. The van der Waals surface area contributed by atoms with E-state index < -0.39 is 51.8 Å². The van der Waals surface area contributed by atoms with E-state index in [-0.39, 0.29) is 28.9 Å². The number of rotatable bonds is 6. The minimum atomic E-state index is -4.95. The molecule has 0 radical (unpaired) electrons. The molecule has 2 aliphatic rings. The second kappa shape index (κ2) is 11.0. The molecular formula is C23H29N7O10S2. The third kappa shape index (κ3) is 7.41. The predicted molar refractivity (Wildman–Crippen MR) is 147 cm³/mol. The summed E-state index contributed by atoms with van der Waals surface area (Å²) in [7, 11) is -4.95. The minimum absolute atomic E-state index is 0.0171. The second-order valence-corrected chi connectivity index (χ2v) is 13.1. The Bertz CT molecular complexity index is 1550. The maximum atomic E-state index is 13.6. The number of hydrogen-bond acceptors (Lipinski definition) is 12. The first-order valence-corrected chi connectivity index (χ1v) is 14.5. The van der Waals surface area contributed by atoms with Crippen molar-refractivity contribution in [1.29, 1.82) is 0 Å². The number of ether oxygens (including phenoxy) is 2. The molecular weight excluding hydrogens is 598 g/mol. The number of hydrogen-bond donors (Lipinski definition) is 2. The number of amides is 5. The zero-order valence-electron chi connectivity index (χ0n) is 23.4. The number of urea groups is 1. The van der Waals surface area contributed by atoms with Crippen molar-refractivity contribution in [1.82, 2.24) is 24.7 Å². The monoisotopic (exact) mass is 627 g/mol. The van der Waals surface area contributed by atoms with Crippen molar-refractivity contribution >= 4 is 62.5 Å². The zero-order valence-corrected chi connectivity index (χ0v) is 25.1. The van der Waals surface area contributed by atoms with E-state index in [4.69, 9.17) is 14.0 Å². The van der Waals surface area contributed by atoms with E-state index in [1.807, 2.05) is 0 Å². The van der Waals surface area contributed by atoms with E-state index in [1.165, 1.54) is 34.1 Å². The van der Waals surface area contributed by atoms with Crippen molar-refractivity contribution in [2.45, 2.75) is 58.8 Å². The number of nitrogens with one attached hydrogen (secondary N) is 1. The van der Waals surface area contributed by atoms with E-state index >= 15 is 0 Å². The van der Waals surface area contributed by atoms with Gasteiger partial charge in [-0.25, -0.2) is 24.0 Å². The molecule has 2 N–H and O–H groups in total. The third-order valence-corrected chi connectivity index (χ3v) is 6.53. The van der Waals surface area contributed by atoms with Gasteiger partial charge < -0.3 is 14.4 Å². The number of anilines is 2. The van der Waals surface area contributed by atoms with E-state index in [1.54, 1.807) is 41.5 Å². The largest absolute Gasteiger partial charge is 0.444 e. The van der Waals surface area contributed by atoms with Crippen LogP contribution in [0.15, 0.2) is 24.5 Å². The number of nitrogens with zero attached hydrogens (tertiary/aromatic N) is 6. The van der Waals surface area contributed by atoms with Gasteiger partial charge in [-0.15, -0.1) is 9.38 Å². The Balaban J connectivity index is 1.60. The smallest absolute Gasteiger partial charge is 0.423 e. The molecule has 19 heteroatoms. The Morgan fingerprint density at radius 3 is 2.43 bits per heavy atom. The lowest BCUT2D eigenvalue weighted by Crippen LogP contribution is -2.41. The van der Waals surface area contributed by atoms with Gasteiger partial charge in [-0.05, 0) is 47.6 Å². The maximum Gasteiger partial charge on any atom is 0.423 e. The molecule has 2 aromatic heterocycles. The van der Waals surface area contributed by atoms with Crippen LogP contribution in [0.5, 0.6) is 0 Å². The summed E-state index contributed by atoms with van der Waals surface area (Å²) in [6, 6.07) is -0.292. The minimum Gasteiger partial charge on any atom is -0.444 e. The number of carbonyl (C=O) groups is 4. The molecule has 1 fully saturated rings. The summed E-state index contributed by atoms with van der Waals surface area (Å²) >= 11 is 0.801. The van der Waals surface area contributed by atoms with Crippen LogP contribution in [-0.4, -0.2) is 92.2 Å². The predicted octanol–water partition coefficient (Wildman–Crippen LogP) is 2.96. The molecule has 0 spiro atoms. The topological polar surface area (TPSA) is 203 Å². The second-order valence-electron chi connectivity index (χ2n) is 11.1. The van der Waals surface area contributed by atoms with Crippen molar-refractivity contribution < 1.29 is 45.9 Å². The van der Waals surface area contributed by atoms with Gasteiger partial charge in [-0.3, -0.25) is 14.7 Å². The molecule has 17 nitrogen and oxygen atoms in total. The van der Waals surface area contributed by atoms with Gasteiger partial charge in [0.2, 0.25) is 0 Å². The van der Waals surface area contributed by atoms with Crippen molar-refractivity contribution in [3.63, 3.8) is 0 Å². The number of hydroxylamine groups is 2. The van der Waals surface area contributed by atoms with E-state index in [2.05, 4.69) is 19.7 Å². The summed E-state index contributed by atoms with van der Waals surface area (Å²) in [6.45, 7) is 10.0. The van der Waals surface area contributed by atoms with Crippen LogP contribution in [0.4, 0.5) is 25.3 Å². The first kappa shape index (κ1) is 30.9. The Morgan fingerprint density at radius 2 is 1.81 bits per heavy atom. The molecule has 228 valence electrons. The van der Waals surface area contributed by atoms with Crippen LogP contribution >= 0.6 is 11.3 Å². The number of imide groups is 1. The Hall–Kier alpha value is -4.07. The lowest BCUT2D eigenvalue weighted by Gasteiger charge is -2.24. The Kier molecular flexibility index (Phi) is 8.06. The van der Waals surface area contributed by atoms with E-state index in [0.717, 1.165) is 11.3 Å². The SMILES string of the molecule is CC(C)(C)OC(=O)Nc1ncc(C(=O)N(C(=O)OC(C)(C)C)c2ccn(C3=CC4CN(C3)C(=O)N4OS(=O)(=O)O)n2)s1. The molecule has 1 saturated heterocycles. The standard InChI is InChI=1S/C23H29N7O10S2/c1-22(2,3)38-19(32)25-18-24-10-15(41-18)17(31)29(21(34)39-23(4,5)6)16-7-8-28(26-16)13-9-14-12-27(11-13)20(33)30(14)40-42(35,36)37/h7-10,14H,11-12H2,1-6H3,(H,24,25,32)(H,35,36,37). The van der Waals surface area contributed by atoms with Gasteiger partial charge >= 0.3 is 28.6 Å². The molecule has 2 aliphatic heterocycles. The summed E-state index contributed by atoms with van der Waals surface area (Å²) in [5.74, 6) is -0.968. The van der Waals surface area contributed by atoms with Gasteiger partial charge in [0.05, 0.1) is 18.4 Å². The van der Waals surface area contributed by atoms with Gasteiger partial charge in [0.25, 0.3) is 5.91 Å². The molecule has 1 unspecified atom stereocenters. The van der Waals surface area contributed by atoms with Gasteiger partial charge in [0.15, 0.2) is 10.9 Å². The van der Waals surface area contributed by atoms with Gasteiger partial charge in [0.1, 0.15) is 22.1 Å². The molecule has 4 rings (SSSR count). The molecule has 0 saturated carbocycles. The van der Waals surface area contributed by atoms with Crippen molar-refractivity contribution in [2.75, 3.05) is 23.3 Å². The molecule has 0 aromatic carbocycles. The highest BCUT2D eigenvalue weighted by Crippen LogP contribution is 2.29. The molecule has 0 aliphatic carbocycles. The van der Waals surface area contributed by atoms with Gasteiger partial charge in [-0.1, -0.05) is 11.3 Å². The average molecular weight is 628 g/mol. The van der Waals surface area contributed by atoms with Crippen LogP contribution in [0.2, 0.25) is 0 Å². The Morgan fingerprint density at radius 1 is 1.14 bits per heavy atom. The number of fused-ring (bicyclic) bond motifs is 2. The van der Waals surface area contributed by atoms with Crippen LogP contribution in [0, 0.1) is 0 Å². The fraction of sp³-hybridized carbons (Fsp3) is 0.478. The summed E-state index contributed by atoms with van der Waals surface area (Å²) in [5.41, 5.74) is -1.33. The summed E-state index contributed by atoms with van der Waals surface area (Å²) in [5, 5.41) is 7.35. The number of aromatic nitrogens is 3. The van der Waals surface area contributed by atoms with E-state index in [0.29, 0.717) is 15.7 Å². The fourth-order valence-electron chi connectivity index (χ4n) is 3.83. The van der Waals surface area contributed by atoms with Crippen molar-refractivity contribution in [2.24, 2.45) is 0 Å². The fourth-order valence-corrected chi connectivity index (χ4v) is 4.94. The first-order chi connectivity index (χ1) is 19.3. The molecule has 1 atom stereocenters. The highest BCUT2D eigenvalue weighted by molar-refractivity contribution is 7.80. The van der Waals surface area contributed by atoms with Crippen LogP contribution in [0.25, 0.3) is 5.70 Å². The lowest BCUT2D eigenvalue weighted by atomic mass is 10.2. The van der Waals surface area contributed by atoms with Crippen LogP contribution < -0.4 is 10.2 Å². The van der Waals surface area contributed by atoms with Crippen LogP contribution in [0.1, 0.15) is 51.2 Å². The Labute approximate surface area is 244 Å². The summed E-state index contributed by atoms with van der Waals surface area (Å²) < 4.78 is 47.7. The highest BCUT2D eigenvalue weighted by atomic mass is 32.3. The average Bonchev–Trinajstić information content (AvgIpc) is 3.53. The first-order valence-electron chi connectivity index (χ1n) is 12.3. The van der Waals surface area contributed by atoms with Gasteiger partial charge in [0, 0.05) is 18.8 Å². The molecule has 2 aromatic rings. The number of carbonyl (C=O) groups excluding carboxylic acids is 4. The van der Waals surface area contributed by atoms with Crippen LogP contribution in [-0.2, 0) is 24.2 Å². The summed E-state index contributed by atoms with van der Waals surface area (Å²) in [6.07, 6.45) is 2.30. The van der Waals surface area contributed by atoms with Crippen molar-refractivity contribution in [3.8, 4) is 0 Å². The van der Waals surface area contributed by atoms with Crippen molar-refractivity contribution in [3.05, 3.63) is 29.4 Å². The lowest BCUT2D eigenvalue weighted by molar-refractivity contribution is -0.0183. The van der Waals surface area contributed by atoms with Gasteiger partial charge in [-0.2, -0.15) is 18.4 Å². The normalized spacial score (nSPS) is 17.2. The maximum absolute atomic E-state index is 13.6. The number of thiazole rings is 1. The summed E-state index contributed by atoms with van der Waals surface area (Å²) in [4.78, 5) is 57.3. The molecule has 4 heterocycles. The molecule has 42 heavy (non-hydrogen) atoms. The molecule has 5 amide bonds. The van der Waals surface area contributed by atoms with Crippen LogP contribution in [0.3, 0.4) is 0 Å². The quantitative estimate of drug-likeness (QED) is 0.444. The third-order valence-electron chi connectivity index (χ3n) is 5.28. The van der Waals surface area contributed by atoms with E-state index in [9.17, 15) is 27.6 Å². The molecule has 2 bridgehead atoms. The zero-order chi connectivity index (χ0) is 31.2.